The monoisotopic (exact) mass is 589 g/mol. The Morgan fingerprint density at radius 2 is 1.52 bits per heavy atom. The molecule has 0 aromatic heterocycles. The van der Waals surface area contributed by atoms with Gasteiger partial charge in [0, 0.05) is 18.9 Å². The van der Waals surface area contributed by atoms with Crippen molar-refractivity contribution in [1.29, 1.82) is 0 Å². The van der Waals surface area contributed by atoms with Gasteiger partial charge >= 0.3 is 5.97 Å². The minimum atomic E-state index is -0.747. The molecule has 4 N–H and O–H groups in total. The normalized spacial score (nSPS) is 40.0. The highest BCUT2D eigenvalue weighted by Gasteiger charge is 2.65. The molecule has 0 spiro atoms. The molecule has 4 aliphatic carbocycles. The minimum Gasteiger partial charge on any atom is -0.481 e. The Hall–Kier alpha value is -1.14. The van der Waals surface area contributed by atoms with Gasteiger partial charge in [-0.25, -0.2) is 0 Å². The summed E-state index contributed by atoms with van der Waals surface area (Å²) in [6, 6.07) is 0.197. The van der Waals surface area contributed by atoms with Crippen molar-refractivity contribution < 1.29 is 24.9 Å². The number of carbonyl (C=O) groups excluding carboxylic acids is 1. The second kappa shape index (κ2) is 14.8. The smallest absolute Gasteiger partial charge is 0.303 e. The van der Waals surface area contributed by atoms with Gasteiger partial charge in [-0.2, -0.15) is 0 Å². The van der Waals surface area contributed by atoms with Crippen LogP contribution in [0.25, 0.3) is 0 Å². The number of carboxylic acids is 1. The van der Waals surface area contributed by atoms with E-state index < -0.39 is 12.1 Å². The topological polar surface area (TPSA) is 107 Å². The molecule has 4 fully saturated rings. The molecule has 4 saturated carbocycles. The number of hydrogen-bond acceptors (Lipinski definition) is 4. The number of fused-ring (bicyclic) bond motifs is 5. The van der Waals surface area contributed by atoms with Crippen molar-refractivity contribution in [3.63, 3.8) is 0 Å². The molecule has 0 aromatic carbocycles. The maximum atomic E-state index is 12.8. The summed E-state index contributed by atoms with van der Waals surface area (Å²) in [5.74, 6) is 1.14. The first kappa shape index (κ1) is 33.7. The number of rotatable bonds is 15. The summed E-state index contributed by atoms with van der Waals surface area (Å²) < 4.78 is 0. The lowest BCUT2D eigenvalue weighted by Gasteiger charge is -2.63. The van der Waals surface area contributed by atoms with E-state index in [0.717, 1.165) is 57.8 Å². The number of hydrogen-bond donors (Lipinski definition) is 4. The number of carbonyl (C=O) groups is 2. The Bertz CT molecular complexity index is 894. The van der Waals surface area contributed by atoms with E-state index in [1.165, 1.54) is 44.9 Å². The van der Waals surface area contributed by atoms with Gasteiger partial charge in [0.05, 0.1) is 12.2 Å². The first-order valence-corrected chi connectivity index (χ1v) is 17.9. The first-order chi connectivity index (χ1) is 20.0. The van der Waals surface area contributed by atoms with E-state index >= 15 is 0 Å². The third-order valence-electron chi connectivity index (χ3n) is 13.2. The van der Waals surface area contributed by atoms with Crippen molar-refractivity contribution in [1.82, 2.24) is 5.32 Å². The van der Waals surface area contributed by atoms with Crippen LogP contribution in [0.3, 0.4) is 0 Å². The third-order valence-corrected chi connectivity index (χ3v) is 13.2. The largest absolute Gasteiger partial charge is 0.481 e. The average Bonchev–Trinajstić information content (AvgIpc) is 3.30. The number of aliphatic carboxylic acids is 1. The van der Waals surface area contributed by atoms with Gasteiger partial charge in [0.1, 0.15) is 0 Å². The van der Waals surface area contributed by atoms with Crippen molar-refractivity contribution >= 4 is 11.9 Å². The lowest BCUT2D eigenvalue weighted by atomic mass is 9.43. The molecular formula is C36H63NO5. The molecule has 4 unspecified atom stereocenters. The van der Waals surface area contributed by atoms with E-state index in [9.17, 15) is 24.9 Å². The summed E-state index contributed by atoms with van der Waals surface area (Å²) in [5, 5.41) is 36.0. The Morgan fingerprint density at radius 1 is 0.857 bits per heavy atom. The fourth-order valence-corrected chi connectivity index (χ4v) is 10.7. The molecule has 0 aromatic rings. The SMILES string of the molecule is CCCCCCCCCCCC(=O)N[C@H]1CC[C@@]2(C)C(C1)C[C@@H](O)C1C2C[C@H](O)[C@@]2(C)C1CC[C@@H]2[C@H](C)CCC(=O)O. The van der Waals surface area contributed by atoms with Crippen LogP contribution in [0, 0.1) is 46.3 Å². The molecule has 6 heteroatoms. The fraction of sp³-hybridized carbons (Fsp3) is 0.944. The van der Waals surface area contributed by atoms with Gasteiger partial charge in [-0.15, -0.1) is 0 Å². The Morgan fingerprint density at radius 3 is 2.19 bits per heavy atom. The quantitative estimate of drug-likeness (QED) is 0.148. The maximum Gasteiger partial charge on any atom is 0.303 e. The molecule has 0 bridgehead atoms. The van der Waals surface area contributed by atoms with Crippen LogP contribution in [0.4, 0.5) is 0 Å². The predicted octanol–water partition coefficient (Wildman–Crippen LogP) is 7.49. The van der Waals surface area contributed by atoms with E-state index in [0.29, 0.717) is 30.6 Å². The van der Waals surface area contributed by atoms with Crippen LogP contribution >= 0.6 is 0 Å². The van der Waals surface area contributed by atoms with Gasteiger partial charge in [0.2, 0.25) is 5.91 Å². The lowest BCUT2D eigenvalue weighted by Crippen LogP contribution is -2.63. The fourth-order valence-electron chi connectivity index (χ4n) is 10.7. The molecule has 6 nitrogen and oxygen atoms in total. The Kier molecular flexibility index (Phi) is 11.9. The standard InChI is InChI=1S/C36H63NO5/c1-5-6-7-8-9-10-11-12-13-14-32(40)37-26-19-20-35(3)25(21-26)22-30(38)34-28-17-16-27(24(2)15-18-33(41)42)36(28,4)31(39)23-29(34)35/h24-31,34,38-39H,5-23H2,1-4H3,(H,37,40)(H,41,42)/t24-,25?,26+,27-,28?,29?,30-,31+,34?,35+,36-/m1/s1. The van der Waals surface area contributed by atoms with Crippen molar-refractivity contribution in [2.45, 2.75) is 168 Å². The van der Waals surface area contributed by atoms with Crippen LogP contribution in [0.1, 0.15) is 150 Å². The molecule has 0 radical (unpaired) electrons. The molecule has 11 atom stereocenters. The summed E-state index contributed by atoms with van der Waals surface area (Å²) in [6.07, 6.45) is 18.5. The number of aliphatic hydroxyl groups excluding tert-OH is 2. The first-order valence-electron chi connectivity index (χ1n) is 17.9. The van der Waals surface area contributed by atoms with Crippen molar-refractivity contribution in [3.8, 4) is 0 Å². The van der Waals surface area contributed by atoms with Crippen LogP contribution < -0.4 is 5.32 Å². The molecule has 0 saturated heterocycles. The maximum absolute atomic E-state index is 12.8. The summed E-state index contributed by atoms with van der Waals surface area (Å²) >= 11 is 0. The zero-order valence-electron chi connectivity index (χ0n) is 27.3. The molecular weight excluding hydrogens is 526 g/mol. The van der Waals surface area contributed by atoms with Crippen LogP contribution in [-0.2, 0) is 9.59 Å². The second-order valence-electron chi connectivity index (χ2n) is 15.6. The van der Waals surface area contributed by atoms with Crippen molar-refractivity contribution in [2.75, 3.05) is 0 Å². The Labute approximate surface area is 256 Å². The van der Waals surface area contributed by atoms with Crippen LogP contribution in [0.15, 0.2) is 0 Å². The Balaban J connectivity index is 1.29. The second-order valence-corrected chi connectivity index (χ2v) is 15.6. The summed E-state index contributed by atoms with van der Waals surface area (Å²) in [6.45, 7) is 9.08. The van der Waals surface area contributed by atoms with Crippen molar-refractivity contribution in [3.05, 3.63) is 0 Å². The van der Waals surface area contributed by atoms with E-state index in [-0.39, 0.29) is 53.1 Å². The number of amides is 1. The zero-order chi connectivity index (χ0) is 30.5. The van der Waals surface area contributed by atoms with E-state index in [1.54, 1.807) is 0 Å². The van der Waals surface area contributed by atoms with Gasteiger partial charge in [-0.1, -0.05) is 79.1 Å². The summed E-state index contributed by atoms with van der Waals surface area (Å²) in [5.41, 5.74) is -0.179. The summed E-state index contributed by atoms with van der Waals surface area (Å²) in [4.78, 5) is 24.0. The zero-order valence-corrected chi connectivity index (χ0v) is 27.3. The highest BCUT2D eigenvalue weighted by molar-refractivity contribution is 5.76. The lowest BCUT2D eigenvalue weighted by molar-refractivity contribution is -0.202. The van der Waals surface area contributed by atoms with Crippen molar-refractivity contribution in [2.24, 2.45) is 46.3 Å². The predicted molar refractivity (Wildman–Crippen MR) is 168 cm³/mol. The van der Waals surface area contributed by atoms with E-state index in [2.05, 4.69) is 33.0 Å². The molecule has 1 amide bonds. The molecule has 42 heavy (non-hydrogen) atoms. The molecule has 4 rings (SSSR count). The van der Waals surface area contributed by atoms with Gasteiger partial charge in [-0.05, 0) is 104 Å². The molecule has 4 aliphatic rings. The molecule has 0 heterocycles. The third kappa shape index (κ3) is 7.22. The van der Waals surface area contributed by atoms with Crippen LogP contribution in [0.5, 0.6) is 0 Å². The van der Waals surface area contributed by atoms with Gasteiger partial charge in [0.15, 0.2) is 0 Å². The summed E-state index contributed by atoms with van der Waals surface area (Å²) in [7, 11) is 0. The van der Waals surface area contributed by atoms with E-state index in [1.807, 2.05) is 0 Å². The van der Waals surface area contributed by atoms with E-state index in [4.69, 9.17) is 0 Å². The van der Waals surface area contributed by atoms with Crippen LogP contribution in [0.2, 0.25) is 0 Å². The molecule has 242 valence electrons. The highest BCUT2D eigenvalue weighted by atomic mass is 16.4. The number of nitrogens with one attached hydrogen (secondary N) is 1. The minimum absolute atomic E-state index is 0.0809. The van der Waals surface area contributed by atoms with Gasteiger partial charge in [-0.3, -0.25) is 9.59 Å². The average molecular weight is 590 g/mol. The van der Waals surface area contributed by atoms with Crippen LogP contribution in [-0.4, -0.2) is 45.4 Å². The number of aliphatic hydroxyl groups is 2. The number of carboxylic acid groups (broad SMARTS) is 1. The number of unbranched alkanes of at least 4 members (excludes halogenated alkanes) is 8. The highest BCUT2D eigenvalue weighted by Crippen LogP contribution is 2.68. The van der Waals surface area contributed by atoms with Gasteiger partial charge in [0.25, 0.3) is 0 Å². The molecule has 0 aliphatic heterocycles. The van der Waals surface area contributed by atoms with Gasteiger partial charge < -0.3 is 20.6 Å².